The van der Waals surface area contributed by atoms with Gasteiger partial charge in [0.15, 0.2) is 0 Å². The molecule has 1 N–H and O–H groups in total. The van der Waals surface area contributed by atoms with Crippen LogP contribution in [0.15, 0.2) is 55.0 Å². The molecule has 130 valence electrons. The molecule has 0 saturated carbocycles. The largest absolute Gasteiger partial charge is 0.350 e. The maximum absolute atomic E-state index is 12.3. The molecule has 3 aromatic heterocycles. The third kappa shape index (κ3) is 3.16. The highest BCUT2D eigenvalue weighted by Gasteiger charge is 2.11. The number of carbonyl (C=O) groups excluding carboxylic acids is 1. The SMILES string of the molecule is Cn1cc(-c2ncccc2CNC(=O)Cn2nnc3ccccc32)cn1. The molecule has 0 aliphatic rings. The van der Waals surface area contributed by atoms with Crippen molar-refractivity contribution in [1.82, 2.24) is 35.1 Å². The van der Waals surface area contributed by atoms with E-state index in [0.717, 1.165) is 27.9 Å². The molecular weight excluding hydrogens is 330 g/mol. The number of hydrogen-bond donors (Lipinski definition) is 1. The molecule has 0 spiro atoms. The molecule has 4 aromatic rings. The van der Waals surface area contributed by atoms with E-state index in [1.807, 2.05) is 49.6 Å². The van der Waals surface area contributed by atoms with Gasteiger partial charge in [-0.05, 0) is 23.8 Å². The smallest absolute Gasteiger partial charge is 0.242 e. The molecule has 0 fully saturated rings. The lowest BCUT2D eigenvalue weighted by molar-refractivity contribution is -0.121. The van der Waals surface area contributed by atoms with Crippen molar-refractivity contribution in [2.75, 3.05) is 0 Å². The van der Waals surface area contributed by atoms with Gasteiger partial charge in [-0.1, -0.05) is 23.4 Å². The molecule has 0 aliphatic carbocycles. The Kier molecular flexibility index (Phi) is 4.14. The van der Waals surface area contributed by atoms with Crippen LogP contribution in [-0.2, 0) is 24.9 Å². The topological polar surface area (TPSA) is 90.5 Å². The second-order valence-corrected chi connectivity index (χ2v) is 5.93. The zero-order valence-electron chi connectivity index (χ0n) is 14.2. The van der Waals surface area contributed by atoms with Gasteiger partial charge >= 0.3 is 0 Å². The number of para-hydroxylation sites is 1. The highest BCUT2D eigenvalue weighted by atomic mass is 16.2. The summed E-state index contributed by atoms with van der Waals surface area (Å²) in [5.74, 6) is -0.137. The Morgan fingerprint density at radius 3 is 2.92 bits per heavy atom. The van der Waals surface area contributed by atoms with Crippen molar-refractivity contribution in [3.63, 3.8) is 0 Å². The first kappa shape index (κ1) is 15.9. The summed E-state index contributed by atoms with van der Waals surface area (Å²) in [5, 5.41) is 15.2. The summed E-state index contributed by atoms with van der Waals surface area (Å²) in [6, 6.07) is 11.4. The lowest BCUT2D eigenvalue weighted by Gasteiger charge is -2.09. The number of rotatable bonds is 5. The van der Waals surface area contributed by atoms with Gasteiger partial charge in [0.25, 0.3) is 0 Å². The van der Waals surface area contributed by atoms with Crippen molar-refractivity contribution in [1.29, 1.82) is 0 Å². The Morgan fingerprint density at radius 1 is 1.19 bits per heavy atom. The van der Waals surface area contributed by atoms with Crippen LogP contribution in [0.25, 0.3) is 22.3 Å². The van der Waals surface area contributed by atoms with E-state index >= 15 is 0 Å². The van der Waals surface area contributed by atoms with Crippen molar-refractivity contribution >= 4 is 16.9 Å². The summed E-state index contributed by atoms with van der Waals surface area (Å²) in [6.07, 6.45) is 5.39. The van der Waals surface area contributed by atoms with E-state index in [1.54, 1.807) is 21.8 Å². The molecule has 3 heterocycles. The summed E-state index contributed by atoms with van der Waals surface area (Å²) in [4.78, 5) is 16.8. The molecule has 0 bridgehead atoms. The Morgan fingerprint density at radius 2 is 2.08 bits per heavy atom. The predicted octanol–water partition coefficient (Wildman–Crippen LogP) is 1.54. The van der Waals surface area contributed by atoms with Crippen LogP contribution in [0.5, 0.6) is 0 Å². The van der Waals surface area contributed by atoms with Crippen molar-refractivity contribution < 1.29 is 4.79 Å². The van der Waals surface area contributed by atoms with Crippen LogP contribution >= 0.6 is 0 Å². The molecule has 26 heavy (non-hydrogen) atoms. The van der Waals surface area contributed by atoms with Crippen LogP contribution in [0.2, 0.25) is 0 Å². The average Bonchev–Trinajstić information content (AvgIpc) is 3.27. The van der Waals surface area contributed by atoms with E-state index in [0.29, 0.717) is 6.54 Å². The number of aromatic nitrogens is 6. The third-order valence-electron chi connectivity index (χ3n) is 4.06. The van der Waals surface area contributed by atoms with Gasteiger partial charge in [-0.25, -0.2) is 4.68 Å². The van der Waals surface area contributed by atoms with Crippen molar-refractivity contribution in [2.45, 2.75) is 13.1 Å². The summed E-state index contributed by atoms with van der Waals surface area (Å²) < 4.78 is 3.32. The van der Waals surface area contributed by atoms with E-state index in [9.17, 15) is 4.79 Å². The van der Waals surface area contributed by atoms with Crippen LogP contribution in [-0.4, -0.2) is 35.7 Å². The number of aryl methyl sites for hydroxylation is 1. The van der Waals surface area contributed by atoms with Crippen LogP contribution in [0.1, 0.15) is 5.56 Å². The van der Waals surface area contributed by atoms with E-state index in [1.165, 1.54) is 0 Å². The number of benzene rings is 1. The standard InChI is InChI=1S/C18H17N7O/c1-24-11-14(10-21-24)18-13(5-4-8-19-18)9-20-17(26)12-25-16-7-3-2-6-15(16)22-23-25/h2-8,10-11H,9,12H2,1H3,(H,20,26). The lowest BCUT2D eigenvalue weighted by Crippen LogP contribution is -2.27. The fourth-order valence-corrected chi connectivity index (χ4v) is 2.80. The molecule has 8 heteroatoms. The number of nitrogens with one attached hydrogen (secondary N) is 1. The molecule has 1 aromatic carbocycles. The maximum Gasteiger partial charge on any atom is 0.242 e. The van der Waals surface area contributed by atoms with Gasteiger partial charge in [-0.2, -0.15) is 5.10 Å². The minimum Gasteiger partial charge on any atom is -0.350 e. The quantitative estimate of drug-likeness (QED) is 0.591. The van der Waals surface area contributed by atoms with Gasteiger partial charge in [0.1, 0.15) is 12.1 Å². The number of hydrogen-bond acceptors (Lipinski definition) is 5. The van der Waals surface area contributed by atoms with Crippen LogP contribution in [0.3, 0.4) is 0 Å². The average molecular weight is 347 g/mol. The van der Waals surface area contributed by atoms with Gasteiger partial charge < -0.3 is 5.32 Å². The number of carbonyl (C=O) groups is 1. The molecule has 4 rings (SSSR count). The van der Waals surface area contributed by atoms with Gasteiger partial charge in [-0.3, -0.25) is 14.5 Å². The fraction of sp³-hybridized carbons (Fsp3) is 0.167. The maximum atomic E-state index is 12.3. The van der Waals surface area contributed by atoms with Gasteiger partial charge in [0.05, 0.1) is 17.4 Å². The Labute approximate surface area is 149 Å². The predicted molar refractivity (Wildman–Crippen MR) is 95.8 cm³/mol. The molecule has 0 radical (unpaired) electrons. The van der Waals surface area contributed by atoms with Crippen LogP contribution in [0.4, 0.5) is 0 Å². The summed E-state index contributed by atoms with van der Waals surface area (Å²) in [5.41, 5.74) is 4.26. The number of amides is 1. The highest BCUT2D eigenvalue weighted by molar-refractivity contribution is 5.79. The first-order valence-electron chi connectivity index (χ1n) is 8.18. The monoisotopic (exact) mass is 347 g/mol. The molecule has 0 atom stereocenters. The zero-order chi connectivity index (χ0) is 17.9. The van der Waals surface area contributed by atoms with E-state index in [-0.39, 0.29) is 12.5 Å². The number of nitrogens with zero attached hydrogens (tertiary/aromatic N) is 6. The second-order valence-electron chi connectivity index (χ2n) is 5.93. The minimum atomic E-state index is -0.137. The lowest BCUT2D eigenvalue weighted by atomic mass is 10.1. The molecule has 0 saturated heterocycles. The molecule has 1 amide bonds. The van der Waals surface area contributed by atoms with E-state index < -0.39 is 0 Å². The number of pyridine rings is 1. The van der Waals surface area contributed by atoms with Crippen LogP contribution in [0, 0.1) is 0 Å². The Bertz CT molecular complexity index is 1070. The van der Waals surface area contributed by atoms with Crippen LogP contribution < -0.4 is 5.32 Å². The molecule has 0 unspecified atom stereocenters. The Hall–Kier alpha value is -3.55. The molecular formula is C18H17N7O. The first-order chi connectivity index (χ1) is 12.7. The van der Waals surface area contributed by atoms with Gasteiger partial charge in [0, 0.05) is 31.5 Å². The molecule has 8 nitrogen and oxygen atoms in total. The summed E-state index contributed by atoms with van der Waals surface area (Å²) >= 11 is 0. The van der Waals surface area contributed by atoms with Crippen molar-refractivity contribution in [3.8, 4) is 11.3 Å². The summed E-state index contributed by atoms with van der Waals surface area (Å²) in [6.45, 7) is 0.493. The first-order valence-corrected chi connectivity index (χ1v) is 8.18. The highest BCUT2D eigenvalue weighted by Crippen LogP contribution is 2.20. The molecule has 0 aliphatic heterocycles. The van der Waals surface area contributed by atoms with E-state index in [4.69, 9.17) is 0 Å². The van der Waals surface area contributed by atoms with E-state index in [2.05, 4.69) is 25.7 Å². The van der Waals surface area contributed by atoms with Crippen molar-refractivity contribution in [2.24, 2.45) is 7.05 Å². The van der Waals surface area contributed by atoms with Crippen molar-refractivity contribution in [3.05, 3.63) is 60.6 Å². The summed E-state index contributed by atoms with van der Waals surface area (Å²) in [7, 11) is 1.86. The fourth-order valence-electron chi connectivity index (χ4n) is 2.80. The second kappa shape index (κ2) is 6.75. The normalized spacial score (nSPS) is 11.0. The third-order valence-corrected chi connectivity index (χ3v) is 4.06. The number of fused-ring (bicyclic) bond motifs is 1. The Balaban J connectivity index is 1.47. The minimum absolute atomic E-state index is 0.114. The van der Waals surface area contributed by atoms with Gasteiger partial charge in [-0.15, -0.1) is 5.10 Å². The zero-order valence-corrected chi connectivity index (χ0v) is 14.2. The van der Waals surface area contributed by atoms with Gasteiger partial charge in [0.2, 0.25) is 5.91 Å².